The zero-order valence-electron chi connectivity index (χ0n) is 12.0. The van der Waals surface area contributed by atoms with Crippen LogP contribution < -0.4 is 5.73 Å². The number of nitrogens with zero attached hydrogens (tertiary/aromatic N) is 4. The lowest BCUT2D eigenvalue weighted by Gasteiger charge is -2.21. The Kier molecular flexibility index (Phi) is 4.06. The van der Waals surface area contributed by atoms with Crippen molar-refractivity contribution in [3.8, 4) is 0 Å². The molecule has 1 aliphatic heterocycles. The molecule has 2 aromatic rings. The van der Waals surface area contributed by atoms with E-state index < -0.39 is 37.1 Å². The maximum absolute atomic E-state index is 11.3. The van der Waals surface area contributed by atoms with Crippen LogP contribution in [0.4, 0.5) is 5.82 Å². The van der Waals surface area contributed by atoms with E-state index in [0.717, 1.165) is 0 Å². The van der Waals surface area contributed by atoms with Crippen molar-refractivity contribution in [2.75, 3.05) is 12.3 Å². The van der Waals surface area contributed by atoms with Gasteiger partial charge in [0, 0.05) is 6.92 Å². The largest absolute Gasteiger partial charge is 0.455 e. The van der Waals surface area contributed by atoms with Gasteiger partial charge in [0.05, 0.1) is 12.9 Å². The van der Waals surface area contributed by atoms with Crippen LogP contribution in [0.3, 0.4) is 0 Å². The van der Waals surface area contributed by atoms with E-state index in [0.29, 0.717) is 5.52 Å². The molecule has 23 heavy (non-hydrogen) atoms. The van der Waals surface area contributed by atoms with Crippen molar-refractivity contribution < 1.29 is 24.5 Å². The van der Waals surface area contributed by atoms with Crippen molar-refractivity contribution in [1.82, 2.24) is 19.5 Å². The van der Waals surface area contributed by atoms with E-state index in [2.05, 4.69) is 15.0 Å². The molecule has 0 amide bonds. The van der Waals surface area contributed by atoms with Crippen LogP contribution in [0.5, 0.6) is 0 Å². The summed E-state index contributed by atoms with van der Waals surface area (Å²) in [7, 11) is 0. The highest BCUT2D eigenvalue weighted by atomic mass is 35.5. The van der Waals surface area contributed by atoms with Gasteiger partial charge in [0.1, 0.15) is 17.7 Å². The number of esters is 1. The number of nitrogen functional groups attached to an aromatic ring is 1. The highest BCUT2D eigenvalue weighted by Gasteiger charge is 2.47. The number of imidazole rings is 1. The summed E-state index contributed by atoms with van der Waals surface area (Å²) in [5.41, 5.74) is 6.29. The van der Waals surface area contributed by atoms with Crippen molar-refractivity contribution >= 4 is 34.6 Å². The first-order valence-electron chi connectivity index (χ1n) is 6.69. The minimum absolute atomic E-state index is 0.0834. The predicted octanol–water partition coefficient (Wildman–Crippen LogP) is -0.756. The van der Waals surface area contributed by atoms with Gasteiger partial charge in [-0.1, -0.05) is 0 Å². The lowest BCUT2D eigenvalue weighted by molar-refractivity contribution is -0.155. The Morgan fingerprint density at radius 2 is 2.30 bits per heavy atom. The Hall–Kier alpha value is -2.01. The van der Waals surface area contributed by atoms with Crippen LogP contribution >= 0.6 is 11.6 Å². The average Bonchev–Trinajstić information content (AvgIpc) is 3.01. The Balaban J connectivity index is 2.06. The van der Waals surface area contributed by atoms with Gasteiger partial charge in [0.25, 0.3) is 0 Å². The van der Waals surface area contributed by atoms with E-state index in [-0.39, 0.29) is 16.7 Å². The maximum atomic E-state index is 11.3. The third kappa shape index (κ3) is 2.70. The van der Waals surface area contributed by atoms with Gasteiger partial charge < -0.3 is 25.4 Å². The topological polar surface area (TPSA) is 146 Å². The Bertz CT molecular complexity index is 753. The number of aliphatic hydroxyl groups excluding tert-OH is 2. The van der Waals surface area contributed by atoms with Crippen LogP contribution in [0.15, 0.2) is 6.33 Å². The molecule has 11 heteroatoms. The molecule has 10 nitrogen and oxygen atoms in total. The second-order valence-corrected chi connectivity index (χ2v) is 5.35. The number of carbonyl (C=O) groups is 1. The van der Waals surface area contributed by atoms with E-state index in [4.69, 9.17) is 26.8 Å². The minimum atomic E-state index is -1.21. The molecule has 124 valence electrons. The second-order valence-electron chi connectivity index (χ2n) is 5.01. The van der Waals surface area contributed by atoms with Gasteiger partial charge in [0.2, 0.25) is 5.28 Å². The molecule has 0 spiro atoms. The zero-order chi connectivity index (χ0) is 16.7. The fourth-order valence-corrected chi connectivity index (χ4v) is 2.68. The number of rotatable bonds is 3. The van der Waals surface area contributed by atoms with E-state index in [1.807, 2.05) is 0 Å². The van der Waals surface area contributed by atoms with Gasteiger partial charge in [0.15, 0.2) is 23.8 Å². The number of ether oxygens (including phenoxy) is 2. The van der Waals surface area contributed by atoms with Crippen LogP contribution in [0.1, 0.15) is 13.2 Å². The van der Waals surface area contributed by atoms with Crippen LogP contribution in [-0.4, -0.2) is 60.6 Å². The summed E-state index contributed by atoms with van der Waals surface area (Å²) in [6, 6.07) is 0. The lowest BCUT2D eigenvalue weighted by atomic mass is 10.1. The highest BCUT2D eigenvalue weighted by Crippen LogP contribution is 2.34. The maximum Gasteiger partial charge on any atom is 0.303 e. The van der Waals surface area contributed by atoms with Crippen molar-refractivity contribution in [3.63, 3.8) is 0 Å². The van der Waals surface area contributed by atoms with Crippen LogP contribution in [0.25, 0.3) is 11.2 Å². The van der Waals surface area contributed by atoms with Crippen LogP contribution in [0.2, 0.25) is 5.28 Å². The molecule has 0 bridgehead atoms. The van der Waals surface area contributed by atoms with Gasteiger partial charge in [-0.25, -0.2) is 4.98 Å². The highest BCUT2D eigenvalue weighted by molar-refractivity contribution is 6.28. The summed E-state index contributed by atoms with van der Waals surface area (Å²) in [5.74, 6) is -0.516. The third-order valence-electron chi connectivity index (χ3n) is 3.49. The molecule has 0 unspecified atom stereocenters. The number of halogens is 1. The van der Waals surface area contributed by atoms with E-state index in [1.54, 1.807) is 0 Å². The van der Waals surface area contributed by atoms with E-state index in [1.165, 1.54) is 17.8 Å². The summed E-state index contributed by atoms with van der Waals surface area (Å²) >= 11 is 5.81. The van der Waals surface area contributed by atoms with Crippen molar-refractivity contribution in [3.05, 3.63) is 11.6 Å². The third-order valence-corrected chi connectivity index (χ3v) is 3.66. The molecular formula is C12H14ClN5O5. The number of nitrogens with two attached hydrogens (primary N) is 1. The zero-order valence-corrected chi connectivity index (χ0v) is 12.7. The van der Waals surface area contributed by atoms with Gasteiger partial charge in [-0.05, 0) is 11.6 Å². The lowest BCUT2D eigenvalue weighted by Crippen LogP contribution is -2.36. The Labute approximate surface area is 134 Å². The van der Waals surface area contributed by atoms with E-state index >= 15 is 0 Å². The number of carbonyl (C=O) groups excluding carboxylic acids is 1. The molecule has 4 atom stereocenters. The Morgan fingerprint density at radius 1 is 1.57 bits per heavy atom. The standard InChI is InChI=1S/C12H14ClN5O5/c1-4(20)22-8-7(21)5(2-19)23-11(8)18-3-15-6-9(14)16-12(13)17-10(6)18/h3,5,7-8,11,19,21H,2H2,1H3,(H2,14,16,17)/t5-,7-,8-,11-/m1/s1. The summed E-state index contributed by atoms with van der Waals surface area (Å²) < 4.78 is 12.1. The number of aromatic nitrogens is 4. The van der Waals surface area contributed by atoms with E-state index in [9.17, 15) is 15.0 Å². The molecule has 0 saturated carbocycles. The van der Waals surface area contributed by atoms with Gasteiger partial charge in [-0.2, -0.15) is 9.97 Å². The summed E-state index contributed by atoms with van der Waals surface area (Å²) in [5, 5.41) is 19.4. The molecule has 2 aromatic heterocycles. The molecule has 0 radical (unpaired) electrons. The predicted molar refractivity (Wildman–Crippen MR) is 77.3 cm³/mol. The minimum Gasteiger partial charge on any atom is -0.455 e. The smallest absolute Gasteiger partial charge is 0.303 e. The number of hydrogen-bond donors (Lipinski definition) is 3. The quantitative estimate of drug-likeness (QED) is 0.483. The summed E-state index contributed by atoms with van der Waals surface area (Å²) in [6.07, 6.45) is -2.75. The van der Waals surface area contributed by atoms with Gasteiger partial charge >= 0.3 is 5.97 Å². The summed E-state index contributed by atoms with van der Waals surface area (Å²) in [6.45, 7) is 0.763. The van der Waals surface area contributed by atoms with Crippen molar-refractivity contribution in [2.24, 2.45) is 0 Å². The molecule has 1 saturated heterocycles. The second kappa shape index (κ2) is 5.89. The molecule has 3 heterocycles. The normalized spacial score (nSPS) is 27.5. The molecule has 1 aliphatic rings. The molecule has 0 aliphatic carbocycles. The van der Waals surface area contributed by atoms with Gasteiger partial charge in [-0.15, -0.1) is 0 Å². The molecule has 3 rings (SSSR count). The molecule has 1 fully saturated rings. The van der Waals surface area contributed by atoms with Gasteiger partial charge in [-0.3, -0.25) is 9.36 Å². The van der Waals surface area contributed by atoms with Crippen LogP contribution in [0, 0.1) is 0 Å². The average molecular weight is 344 g/mol. The van der Waals surface area contributed by atoms with Crippen molar-refractivity contribution in [2.45, 2.75) is 31.5 Å². The number of anilines is 1. The first kappa shape index (κ1) is 15.9. The SMILES string of the molecule is CC(=O)O[C@@H]1[C@H](O)[C@@H](CO)O[C@H]1n1cnc2c(N)nc(Cl)nc21. The first-order valence-corrected chi connectivity index (χ1v) is 7.07. The molecule has 0 aromatic carbocycles. The first-order chi connectivity index (χ1) is 10.9. The monoisotopic (exact) mass is 343 g/mol. The van der Waals surface area contributed by atoms with Crippen LogP contribution in [-0.2, 0) is 14.3 Å². The Morgan fingerprint density at radius 3 is 2.96 bits per heavy atom. The molecule has 4 N–H and O–H groups in total. The molecular weight excluding hydrogens is 330 g/mol. The summed E-state index contributed by atoms with van der Waals surface area (Å²) in [4.78, 5) is 23.2. The number of fused-ring (bicyclic) bond motifs is 1. The fraction of sp³-hybridized carbons (Fsp3) is 0.500. The van der Waals surface area contributed by atoms with Crippen molar-refractivity contribution in [1.29, 1.82) is 0 Å². The number of aliphatic hydroxyl groups is 2. The fourth-order valence-electron chi connectivity index (χ4n) is 2.51. The number of hydrogen-bond acceptors (Lipinski definition) is 9.